The summed E-state index contributed by atoms with van der Waals surface area (Å²) in [7, 11) is 0. The number of benzene rings is 2. The molecule has 0 spiro atoms. The number of amides is 1. The van der Waals surface area contributed by atoms with Gasteiger partial charge in [0.25, 0.3) is 5.91 Å². The van der Waals surface area contributed by atoms with Crippen molar-refractivity contribution < 1.29 is 9.21 Å². The van der Waals surface area contributed by atoms with Gasteiger partial charge in [-0.05, 0) is 59.9 Å². The smallest absolute Gasteiger partial charge is 0.254 e. The second-order valence-electron chi connectivity index (χ2n) is 6.39. The summed E-state index contributed by atoms with van der Waals surface area (Å²) in [6.45, 7) is 7.19. The third-order valence-corrected chi connectivity index (χ3v) is 5.30. The fourth-order valence-electron chi connectivity index (χ4n) is 3.62. The van der Waals surface area contributed by atoms with Crippen molar-refractivity contribution in [1.29, 1.82) is 0 Å². The first kappa shape index (κ1) is 16.0. The van der Waals surface area contributed by atoms with Crippen molar-refractivity contribution in [3.05, 3.63) is 76.0 Å². The van der Waals surface area contributed by atoms with Crippen molar-refractivity contribution in [2.75, 3.05) is 6.54 Å². The summed E-state index contributed by atoms with van der Waals surface area (Å²) in [5, 5.41) is 1.69. The molecule has 0 fully saturated rings. The maximum Gasteiger partial charge on any atom is 0.254 e. The van der Waals surface area contributed by atoms with Crippen molar-refractivity contribution >= 4 is 34.6 Å². The maximum absolute atomic E-state index is 12.9. The number of furan rings is 1. The monoisotopic (exact) mass is 351 g/mol. The first-order valence-corrected chi connectivity index (χ1v) is 8.66. The quantitative estimate of drug-likeness (QED) is 0.633. The lowest BCUT2D eigenvalue weighted by Gasteiger charge is -2.31. The molecule has 0 bridgehead atoms. The van der Waals surface area contributed by atoms with E-state index in [2.05, 4.69) is 13.5 Å². The van der Waals surface area contributed by atoms with Crippen LogP contribution in [0.4, 0.5) is 0 Å². The second kappa shape index (κ2) is 6.08. The van der Waals surface area contributed by atoms with Crippen LogP contribution in [0.2, 0.25) is 5.02 Å². The normalized spacial score (nSPS) is 13.8. The lowest BCUT2D eigenvalue weighted by molar-refractivity contribution is 0.0734. The van der Waals surface area contributed by atoms with Crippen LogP contribution in [0, 0.1) is 6.92 Å². The molecule has 4 rings (SSSR count). The van der Waals surface area contributed by atoms with Crippen LogP contribution >= 0.6 is 11.6 Å². The predicted octanol–water partition coefficient (Wildman–Crippen LogP) is 5.24. The van der Waals surface area contributed by atoms with E-state index in [0.717, 1.165) is 28.5 Å². The highest BCUT2D eigenvalue weighted by Crippen LogP contribution is 2.32. The summed E-state index contributed by atoms with van der Waals surface area (Å²) in [5.74, 6) is 0.0190. The molecule has 4 heteroatoms. The van der Waals surface area contributed by atoms with E-state index in [1.807, 2.05) is 35.2 Å². The average Bonchev–Trinajstić information content (AvgIpc) is 3.08. The molecule has 0 atom stereocenters. The maximum atomic E-state index is 12.9. The molecule has 1 aliphatic heterocycles. The van der Waals surface area contributed by atoms with Crippen LogP contribution in [-0.4, -0.2) is 17.4 Å². The van der Waals surface area contributed by atoms with E-state index < -0.39 is 0 Å². The van der Waals surface area contributed by atoms with Gasteiger partial charge in [-0.2, -0.15) is 0 Å². The van der Waals surface area contributed by atoms with Crippen LogP contribution in [0.1, 0.15) is 32.6 Å². The first-order chi connectivity index (χ1) is 12.1. The van der Waals surface area contributed by atoms with E-state index in [0.29, 0.717) is 23.7 Å². The molecule has 2 aromatic carbocycles. The van der Waals surface area contributed by atoms with Crippen LogP contribution in [0.5, 0.6) is 0 Å². The van der Waals surface area contributed by atoms with Gasteiger partial charge in [-0.15, -0.1) is 0 Å². The Kier molecular flexibility index (Phi) is 3.89. The minimum atomic E-state index is 0.0190. The molecule has 0 saturated heterocycles. The third-order valence-electron chi connectivity index (χ3n) is 4.99. The lowest BCUT2D eigenvalue weighted by Crippen LogP contribution is -2.36. The zero-order valence-electron chi connectivity index (χ0n) is 14.0. The molecule has 126 valence electrons. The Morgan fingerprint density at radius 1 is 1.32 bits per heavy atom. The number of hydrogen-bond donors (Lipinski definition) is 0. The molecule has 0 aliphatic carbocycles. The zero-order chi connectivity index (χ0) is 17.6. The number of carbonyl (C=O) groups excluding carboxylic acids is 1. The van der Waals surface area contributed by atoms with E-state index >= 15 is 0 Å². The summed E-state index contributed by atoms with van der Waals surface area (Å²) in [5.41, 5.74) is 5.94. The van der Waals surface area contributed by atoms with Gasteiger partial charge >= 0.3 is 0 Å². The highest BCUT2D eigenvalue weighted by Gasteiger charge is 2.24. The number of rotatable bonds is 2. The van der Waals surface area contributed by atoms with Gasteiger partial charge < -0.3 is 9.32 Å². The Labute approximate surface area is 151 Å². The van der Waals surface area contributed by atoms with Crippen molar-refractivity contribution in [1.82, 2.24) is 4.90 Å². The van der Waals surface area contributed by atoms with Crippen LogP contribution in [0.25, 0.3) is 17.0 Å². The van der Waals surface area contributed by atoms with Crippen molar-refractivity contribution in [3.63, 3.8) is 0 Å². The van der Waals surface area contributed by atoms with Gasteiger partial charge in [0.15, 0.2) is 0 Å². The SMILES string of the molecule is C=Cc1c(Cl)cc2c(c1C)CCN(C(=O)c1ccc3ccoc3c1)C2. The third kappa shape index (κ3) is 2.65. The van der Waals surface area contributed by atoms with E-state index in [1.54, 1.807) is 12.3 Å². The van der Waals surface area contributed by atoms with Gasteiger partial charge in [-0.1, -0.05) is 30.3 Å². The molecular weight excluding hydrogens is 334 g/mol. The fourth-order valence-corrected chi connectivity index (χ4v) is 3.97. The van der Waals surface area contributed by atoms with Crippen molar-refractivity contribution in [2.45, 2.75) is 19.9 Å². The predicted molar refractivity (Wildman–Crippen MR) is 101 cm³/mol. The topological polar surface area (TPSA) is 33.5 Å². The molecule has 0 N–H and O–H groups in total. The number of carbonyl (C=O) groups is 1. The molecule has 0 saturated carbocycles. The van der Waals surface area contributed by atoms with Gasteiger partial charge in [-0.25, -0.2) is 0 Å². The van der Waals surface area contributed by atoms with Crippen LogP contribution in [0.3, 0.4) is 0 Å². The number of halogens is 1. The molecule has 3 aromatic rings. The van der Waals surface area contributed by atoms with Crippen molar-refractivity contribution in [2.24, 2.45) is 0 Å². The van der Waals surface area contributed by atoms with E-state index in [9.17, 15) is 4.79 Å². The summed E-state index contributed by atoms with van der Waals surface area (Å²) in [6, 6.07) is 9.45. The van der Waals surface area contributed by atoms with Gasteiger partial charge in [0, 0.05) is 29.1 Å². The summed E-state index contributed by atoms with van der Waals surface area (Å²) >= 11 is 6.38. The Morgan fingerprint density at radius 2 is 2.16 bits per heavy atom. The highest BCUT2D eigenvalue weighted by atomic mass is 35.5. The van der Waals surface area contributed by atoms with Gasteiger partial charge in [0.1, 0.15) is 5.58 Å². The summed E-state index contributed by atoms with van der Waals surface area (Å²) < 4.78 is 5.41. The molecule has 2 heterocycles. The van der Waals surface area contributed by atoms with E-state index in [4.69, 9.17) is 16.0 Å². The Morgan fingerprint density at radius 3 is 2.96 bits per heavy atom. The molecule has 0 unspecified atom stereocenters. The van der Waals surface area contributed by atoms with Crippen molar-refractivity contribution in [3.8, 4) is 0 Å². The Balaban J connectivity index is 1.65. The van der Waals surface area contributed by atoms with Crippen LogP contribution in [-0.2, 0) is 13.0 Å². The van der Waals surface area contributed by atoms with Gasteiger partial charge in [0.2, 0.25) is 0 Å². The zero-order valence-corrected chi connectivity index (χ0v) is 14.8. The highest BCUT2D eigenvalue weighted by molar-refractivity contribution is 6.32. The first-order valence-electron chi connectivity index (χ1n) is 8.28. The minimum absolute atomic E-state index is 0.0190. The second-order valence-corrected chi connectivity index (χ2v) is 6.80. The lowest BCUT2D eigenvalue weighted by atomic mass is 9.91. The van der Waals surface area contributed by atoms with Crippen LogP contribution < -0.4 is 0 Å². The summed E-state index contributed by atoms with van der Waals surface area (Å²) in [4.78, 5) is 14.8. The molecule has 1 aliphatic rings. The Bertz CT molecular complexity index is 1000. The number of nitrogens with zero attached hydrogens (tertiary/aromatic N) is 1. The van der Waals surface area contributed by atoms with Crippen LogP contribution in [0.15, 0.2) is 47.6 Å². The molecular formula is C21H18ClNO2. The largest absolute Gasteiger partial charge is 0.464 e. The molecule has 25 heavy (non-hydrogen) atoms. The number of hydrogen-bond acceptors (Lipinski definition) is 2. The van der Waals surface area contributed by atoms with E-state index in [1.165, 1.54) is 11.1 Å². The summed E-state index contributed by atoms with van der Waals surface area (Å²) in [6.07, 6.45) is 4.26. The fraction of sp³-hybridized carbons (Fsp3) is 0.190. The van der Waals surface area contributed by atoms with Gasteiger partial charge in [-0.3, -0.25) is 4.79 Å². The molecule has 0 radical (unpaired) electrons. The van der Waals surface area contributed by atoms with E-state index in [-0.39, 0.29) is 5.91 Å². The Hall–Kier alpha value is -2.52. The minimum Gasteiger partial charge on any atom is -0.464 e. The number of fused-ring (bicyclic) bond motifs is 2. The molecule has 1 aromatic heterocycles. The molecule has 1 amide bonds. The standard InChI is InChI=1S/C21H18ClNO2/c1-3-17-13(2)18-6-8-23(12-16(18)10-19(17)22)21(24)15-5-4-14-7-9-25-20(14)11-15/h3-5,7,9-11H,1,6,8,12H2,2H3. The van der Waals surface area contributed by atoms with Gasteiger partial charge in [0.05, 0.1) is 6.26 Å². The average molecular weight is 352 g/mol. The molecule has 3 nitrogen and oxygen atoms in total.